The first-order valence-electron chi connectivity index (χ1n) is 12.4. The molecule has 0 bridgehead atoms. The molecule has 0 aromatic rings. The van der Waals surface area contributed by atoms with E-state index in [0.717, 1.165) is 18.1 Å². The molecular formula is C26H48O5Si. The van der Waals surface area contributed by atoms with Gasteiger partial charge < -0.3 is 18.6 Å². The van der Waals surface area contributed by atoms with Crippen LogP contribution >= 0.6 is 0 Å². The molecule has 6 heteroatoms. The van der Waals surface area contributed by atoms with E-state index in [1.807, 2.05) is 27.7 Å². The van der Waals surface area contributed by atoms with Crippen molar-refractivity contribution in [3.05, 3.63) is 0 Å². The van der Waals surface area contributed by atoms with Crippen molar-refractivity contribution < 1.29 is 23.4 Å². The second-order valence-electron chi connectivity index (χ2n) is 10.7. The number of esters is 1. The van der Waals surface area contributed by atoms with Crippen molar-refractivity contribution in [3.8, 4) is 11.8 Å². The highest BCUT2D eigenvalue weighted by atomic mass is 28.4. The lowest BCUT2D eigenvalue weighted by Crippen LogP contribution is -2.59. The third-order valence-electron chi connectivity index (χ3n) is 7.13. The number of rotatable bonds is 9. The van der Waals surface area contributed by atoms with Gasteiger partial charge in [0, 0.05) is 19.4 Å². The summed E-state index contributed by atoms with van der Waals surface area (Å²) in [5.74, 6) is 5.56. The second-order valence-corrected chi connectivity index (χ2v) is 15.4. The van der Waals surface area contributed by atoms with Gasteiger partial charge in [-0.3, -0.25) is 4.79 Å². The van der Waals surface area contributed by atoms with Gasteiger partial charge in [0.05, 0.1) is 23.5 Å². The average Bonchev–Trinajstić information content (AvgIpc) is 2.75. The zero-order chi connectivity index (χ0) is 24.7. The monoisotopic (exact) mass is 468 g/mol. The third kappa shape index (κ3) is 7.06. The van der Waals surface area contributed by atoms with Crippen LogP contribution in [0.3, 0.4) is 0 Å². The Labute approximate surface area is 198 Å². The number of hydrogen-bond acceptors (Lipinski definition) is 5. The van der Waals surface area contributed by atoms with E-state index in [1.54, 1.807) is 7.11 Å². The summed E-state index contributed by atoms with van der Waals surface area (Å²) >= 11 is 0. The number of ether oxygens (including phenoxy) is 3. The number of carbonyl (C=O) groups is 1. The number of hydrogen-bond donors (Lipinski definition) is 0. The molecule has 186 valence electrons. The van der Waals surface area contributed by atoms with Crippen LogP contribution in [0, 0.1) is 35.0 Å². The molecule has 5 nitrogen and oxygen atoms in total. The van der Waals surface area contributed by atoms with Crippen molar-refractivity contribution in [2.24, 2.45) is 23.2 Å². The lowest BCUT2D eigenvalue weighted by atomic mass is 9.80. The van der Waals surface area contributed by atoms with Gasteiger partial charge >= 0.3 is 5.97 Å². The van der Waals surface area contributed by atoms with Crippen molar-refractivity contribution in [2.45, 2.75) is 112 Å². The van der Waals surface area contributed by atoms with Crippen molar-refractivity contribution in [3.63, 3.8) is 0 Å². The molecule has 0 unspecified atom stereocenters. The fraction of sp³-hybridized carbons (Fsp3) is 0.885. The molecule has 1 aliphatic rings. The van der Waals surface area contributed by atoms with Crippen LogP contribution in [0.15, 0.2) is 0 Å². The predicted octanol–water partition coefficient (Wildman–Crippen LogP) is 6.03. The summed E-state index contributed by atoms with van der Waals surface area (Å²) in [6.45, 7) is 21.0. The summed E-state index contributed by atoms with van der Waals surface area (Å²) in [4.78, 5) is 12.0. The summed E-state index contributed by atoms with van der Waals surface area (Å²) in [7, 11) is -0.0866. The van der Waals surface area contributed by atoms with Crippen molar-refractivity contribution in [2.75, 3.05) is 13.7 Å². The second kappa shape index (κ2) is 12.0. The quantitative estimate of drug-likeness (QED) is 0.235. The molecule has 0 saturated carbocycles. The molecule has 0 aliphatic carbocycles. The van der Waals surface area contributed by atoms with Crippen LogP contribution in [-0.2, 0) is 23.4 Å². The van der Waals surface area contributed by atoms with Crippen LogP contribution in [0.4, 0.5) is 0 Å². The van der Waals surface area contributed by atoms with E-state index in [2.05, 4.69) is 53.4 Å². The van der Waals surface area contributed by atoms with Crippen LogP contribution < -0.4 is 0 Å². The summed E-state index contributed by atoms with van der Waals surface area (Å²) in [5.41, 5.74) is -0.535. The van der Waals surface area contributed by atoms with Crippen LogP contribution in [0.1, 0.15) is 75.7 Å². The fourth-order valence-corrected chi connectivity index (χ4v) is 7.43. The van der Waals surface area contributed by atoms with Gasteiger partial charge in [0.25, 0.3) is 0 Å². The molecule has 1 fully saturated rings. The van der Waals surface area contributed by atoms with Gasteiger partial charge in [-0.25, -0.2) is 0 Å². The molecule has 0 amide bonds. The lowest BCUT2D eigenvalue weighted by molar-refractivity contribution is -0.318. The van der Waals surface area contributed by atoms with E-state index in [4.69, 9.17) is 18.6 Å². The maximum absolute atomic E-state index is 12.0. The fourth-order valence-electron chi connectivity index (χ4n) is 4.49. The highest BCUT2D eigenvalue weighted by Crippen LogP contribution is 2.43. The third-order valence-corrected chi connectivity index (χ3v) is 11.8. The molecular weight excluding hydrogens is 420 g/mol. The maximum Gasteiger partial charge on any atom is 0.312 e. The Morgan fingerprint density at radius 2 is 1.72 bits per heavy atom. The molecule has 0 spiro atoms. The molecule has 1 aliphatic heterocycles. The van der Waals surface area contributed by atoms with E-state index in [-0.39, 0.29) is 36.6 Å². The molecule has 1 heterocycles. The van der Waals surface area contributed by atoms with Gasteiger partial charge in [0.2, 0.25) is 0 Å². The summed E-state index contributed by atoms with van der Waals surface area (Å²) in [5, 5.41) is 0. The van der Waals surface area contributed by atoms with E-state index >= 15 is 0 Å². The first kappa shape index (κ1) is 29.2. The van der Waals surface area contributed by atoms with E-state index < -0.39 is 19.5 Å². The zero-order valence-electron chi connectivity index (χ0n) is 22.5. The van der Waals surface area contributed by atoms with Crippen LogP contribution in [-0.4, -0.2) is 46.0 Å². The smallest absolute Gasteiger partial charge is 0.312 e. The van der Waals surface area contributed by atoms with E-state index in [0.29, 0.717) is 12.3 Å². The minimum absolute atomic E-state index is 0.0222. The van der Waals surface area contributed by atoms with Crippen LogP contribution in [0.5, 0.6) is 0 Å². The van der Waals surface area contributed by atoms with Gasteiger partial charge in [-0.2, -0.15) is 0 Å². The molecule has 0 aromatic heterocycles. The Bertz CT molecular complexity index is 647. The van der Waals surface area contributed by atoms with Gasteiger partial charge in [-0.1, -0.05) is 53.4 Å². The number of carbonyl (C=O) groups excluding carboxylic acids is 1. The van der Waals surface area contributed by atoms with Gasteiger partial charge in [-0.05, 0) is 51.7 Å². The maximum atomic E-state index is 12.0. The van der Waals surface area contributed by atoms with Crippen LogP contribution in [0.2, 0.25) is 18.1 Å². The molecule has 0 aromatic carbocycles. The van der Waals surface area contributed by atoms with Gasteiger partial charge in [-0.15, -0.1) is 0 Å². The largest absolute Gasteiger partial charge is 0.452 e. The topological polar surface area (TPSA) is 54.0 Å². The Balaban J connectivity index is 3.13. The molecule has 0 N–H and O–H groups in total. The van der Waals surface area contributed by atoms with Crippen LogP contribution in [0.25, 0.3) is 0 Å². The van der Waals surface area contributed by atoms with Crippen molar-refractivity contribution in [1.82, 2.24) is 0 Å². The van der Waals surface area contributed by atoms with Gasteiger partial charge in [0.1, 0.15) is 0 Å². The lowest BCUT2D eigenvalue weighted by Gasteiger charge is -2.51. The number of methoxy groups -OCH3 is 1. The molecule has 1 saturated heterocycles. The average molecular weight is 469 g/mol. The highest BCUT2D eigenvalue weighted by molar-refractivity contribution is 6.73. The molecule has 0 radical (unpaired) electrons. The Morgan fingerprint density at radius 3 is 2.16 bits per heavy atom. The Kier molecular flexibility index (Phi) is 10.9. The minimum Gasteiger partial charge on any atom is -0.452 e. The van der Waals surface area contributed by atoms with Crippen molar-refractivity contribution in [1.29, 1.82) is 0 Å². The molecule has 5 atom stereocenters. The summed E-state index contributed by atoms with van der Waals surface area (Å²) in [6.07, 6.45) is 0.750. The van der Waals surface area contributed by atoms with Crippen molar-refractivity contribution >= 4 is 14.3 Å². The minimum atomic E-state index is -1.79. The molecule has 1 rings (SSSR count). The Hall–Kier alpha value is -0.873. The first-order chi connectivity index (χ1) is 14.8. The highest BCUT2D eigenvalue weighted by Gasteiger charge is 2.51. The van der Waals surface area contributed by atoms with Gasteiger partial charge in [0.15, 0.2) is 20.7 Å². The van der Waals surface area contributed by atoms with E-state index in [1.165, 1.54) is 0 Å². The van der Waals surface area contributed by atoms with E-state index in [9.17, 15) is 4.79 Å². The SMILES string of the molecule is CC[Si](CC)(CC)O[C@@H]1C[C@](OC)([C@@H](C)C#CCOC(=O)C(C)(C)C)O[C@H](C(C)C)[C@H]1C. The Morgan fingerprint density at radius 1 is 1.16 bits per heavy atom. The standard InChI is InChI=1S/C26H48O5Si/c1-12-32(13-2,14-3)31-22-18-26(28-11,30-23(19(4)5)21(22)7)20(6)16-15-17-29-24(27)25(8,9)10/h19-23H,12-14,17-18H2,1-11H3/t20-,21-,22+,23+,26+/m0/s1. The predicted molar refractivity (Wildman–Crippen MR) is 133 cm³/mol. The molecule has 32 heavy (non-hydrogen) atoms. The summed E-state index contributed by atoms with van der Waals surface area (Å²) in [6, 6.07) is 3.35. The zero-order valence-corrected chi connectivity index (χ0v) is 23.5. The summed E-state index contributed by atoms with van der Waals surface area (Å²) < 4.78 is 25.0. The first-order valence-corrected chi connectivity index (χ1v) is 14.9. The normalized spacial score (nSPS) is 27.6.